The highest BCUT2D eigenvalue weighted by atomic mass is 16.6. The van der Waals surface area contributed by atoms with Crippen molar-refractivity contribution in [2.45, 2.75) is 26.3 Å². The SMILES string of the molecule is Cc1nonc1CC(=O)N[C@H](C)c1nc(-c2ccccn2)no1. The van der Waals surface area contributed by atoms with E-state index in [1.54, 1.807) is 32.2 Å². The van der Waals surface area contributed by atoms with Gasteiger partial charge in [0.05, 0.1) is 6.42 Å². The summed E-state index contributed by atoms with van der Waals surface area (Å²) in [6.07, 6.45) is 1.71. The summed E-state index contributed by atoms with van der Waals surface area (Å²) in [5, 5.41) is 13.9. The van der Waals surface area contributed by atoms with Crippen molar-refractivity contribution in [1.82, 2.24) is 30.8 Å². The number of amides is 1. The lowest BCUT2D eigenvalue weighted by Crippen LogP contribution is -2.28. The van der Waals surface area contributed by atoms with E-state index in [2.05, 4.69) is 35.4 Å². The number of aromatic nitrogens is 5. The average Bonchev–Trinajstić information content (AvgIpc) is 3.18. The molecule has 0 bridgehead atoms. The van der Waals surface area contributed by atoms with Gasteiger partial charge >= 0.3 is 0 Å². The molecule has 0 saturated carbocycles. The van der Waals surface area contributed by atoms with Crippen LogP contribution >= 0.6 is 0 Å². The minimum absolute atomic E-state index is 0.0703. The van der Waals surface area contributed by atoms with E-state index in [-0.39, 0.29) is 12.3 Å². The lowest BCUT2D eigenvalue weighted by Gasteiger charge is -2.08. The number of carbonyl (C=O) groups is 1. The molecule has 3 aromatic rings. The first kappa shape index (κ1) is 14.8. The minimum atomic E-state index is -0.437. The predicted octanol–water partition coefficient (Wildman–Crippen LogP) is 1.24. The third-order valence-corrected chi connectivity index (χ3v) is 3.16. The molecule has 0 spiro atoms. The van der Waals surface area contributed by atoms with Gasteiger partial charge in [0.2, 0.25) is 17.6 Å². The summed E-state index contributed by atoms with van der Waals surface area (Å²) in [6.45, 7) is 3.47. The molecular weight excluding hydrogens is 300 g/mol. The molecule has 0 aliphatic heterocycles. The van der Waals surface area contributed by atoms with Gasteiger partial charge in [-0.15, -0.1) is 0 Å². The van der Waals surface area contributed by atoms with Crippen LogP contribution in [-0.4, -0.2) is 31.3 Å². The molecule has 0 saturated heterocycles. The smallest absolute Gasteiger partial charge is 0.249 e. The summed E-state index contributed by atoms with van der Waals surface area (Å²) in [5.74, 6) is 0.432. The zero-order chi connectivity index (χ0) is 16.2. The predicted molar refractivity (Wildman–Crippen MR) is 76.8 cm³/mol. The summed E-state index contributed by atoms with van der Waals surface area (Å²) in [4.78, 5) is 20.4. The number of rotatable bonds is 5. The molecule has 0 radical (unpaired) electrons. The van der Waals surface area contributed by atoms with Crippen molar-refractivity contribution < 1.29 is 13.9 Å². The van der Waals surface area contributed by atoms with Gasteiger partial charge in [0.25, 0.3) is 0 Å². The third-order valence-electron chi connectivity index (χ3n) is 3.16. The summed E-state index contributed by atoms with van der Waals surface area (Å²) in [6, 6.07) is 4.97. The Bertz CT molecular complexity index is 798. The van der Waals surface area contributed by atoms with Gasteiger partial charge in [0, 0.05) is 6.20 Å². The monoisotopic (exact) mass is 314 g/mol. The van der Waals surface area contributed by atoms with E-state index in [9.17, 15) is 4.79 Å². The molecule has 3 aromatic heterocycles. The number of nitrogens with zero attached hydrogens (tertiary/aromatic N) is 5. The van der Waals surface area contributed by atoms with E-state index in [4.69, 9.17) is 4.52 Å². The highest BCUT2D eigenvalue weighted by Crippen LogP contribution is 2.16. The normalized spacial score (nSPS) is 12.1. The van der Waals surface area contributed by atoms with Gasteiger partial charge in [-0.2, -0.15) is 4.98 Å². The largest absolute Gasteiger partial charge is 0.344 e. The Morgan fingerprint density at radius 2 is 2.17 bits per heavy atom. The fraction of sp³-hybridized carbons (Fsp3) is 0.286. The second kappa shape index (κ2) is 6.34. The molecule has 3 heterocycles. The van der Waals surface area contributed by atoms with Crippen molar-refractivity contribution in [3.05, 3.63) is 41.7 Å². The van der Waals surface area contributed by atoms with Crippen molar-refractivity contribution in [2.24, 2.45) is 0 Å². The molecule has 0 aliphatic rings. The molecule has 0 aromatic carbocycles. The molecule has 1 N–H and O–H groups in total. The number of hydrogen-bond donors (Lipinski definition) is 1. The van der Waals surface area contributed by atoms with E-state index < -0.39 is 6.04 Å². The highest BCUT2D eigenvalue weighted by Gasteiger charge is 2.19. The second-order valence-corrected chi connectivity index (χ2v) is 4.93. The van der Waals surface area contributed by atoms with Crippen LogP contribution in [0.5, 0.6) is 0 Å². The van der Waals surface area contributed by atoms with Crippen LogP contribution in [0, 0.1) is 6.92 Å². The van der Waals surface area contributed by atoms with Gasteiger partial charge < -0.3 is 9.84 Å². The Labute approximate surface area is 131 Å². The van der Waals surface area contributed by atoms with Crippen molar-refractivity contribution in [3.8, 4) is 11.5 Å². The van der Waals surface area contributed by atoms with Crippen LogP contribution in [0.2, 0.25) is 0 Å². The Hall–Kier alpha value is -3.10. The van der Waals surface area contributed by atoms with Crippen LogP contribution in [0.15, 0.2) is 33.5 Å². The lowest BCUT2D eigenvalue weighted by molar-refractivity contribution is -0.121. The maximum Gasteiger partial charge on any atom is 0.249 e. The first-order valence-electron chi connectivity index (χ1n) is 6.96. The van der Waals surface area contributed by atoms with Crippen LogP contribution in [-0.2, 0) is 11.2 Å². The molecule has 9 heteroatoms. The van der Waals surface area contributed by atoms with E-state index in [1.165, 1.54) is 0 Å². The Kier molecular flexibility index (Phi) is 4.09. The fourth-order valence-electron chi connectivity index (χ4n) is 1.93. The zero-order valence-electron chi connectivity index (χ0n) is 12.6. The first-order chi connectivity index (χ1) is 11.1. The molecule has 0 unspecified atom stereocenters. The van der Waals surface area contributed by atoms with Crippen molar-refractivity contribution in [1.29, 1.82) is 0 Å². The maximum absolute atomic E-state index is 12.0. The summed E-state index contributed by atoms with van der Waals surface area (Å²) < 4.78 is 9.74. The maximum atomic E-state index is 12.0. The second-order valence-electron chi connectivity index (χ2n) is 4.93. The molecular formula is C14H14N6O3. The molecule has 0 fully saturated rings. The van der Waals surface area contributed by atoms with Gasteiger partial charge in [-0.25, -0.2) is 4.63 Å². The minimum Gasteiger partial charge on any atom is -0.344 e. The van der Waals surface area contributed by atoms with E-state index in [0.717, 1.165) is 0 Å². The first-order valence-corrected chi connectivity index (χ1v) is 6.96. The van der Waals surface area contributed by atoms with Gasteiger partial charge in [0.15, 0.2) is 0 Å². The van der Waals surface area contributed by atoms with Crippen LogP contribution in [0.25, 0.3) is 11.5 Å². The summed E-state index contributed by atoms with van der Waals surface area (Å²) >= 11 is 0. The lowest BCUT2D eigenvalue weighted by atomic mass is 10.2. The molecule has 3 rings (SSSR count). The molecule has 9 nitrogen and oxygen atoms in total. The Morgan fingerprint density at radius 1 is 1.30 bits per heavy atom. The summed E-state index contributed by atoms with van der Waals surface area (Å²) in [7, 11) is 0. The van der Waals surface area contributed by atoms with Gasteiger partial charge in [-0.1, -0.05) is 21.5 Å². The highest BCUT2D eigenvalue weighted by molar-refractivity contribution is 5.78. The van der Waals surface area contributed by atoms with Crippen LogP contribution < -0.4 is 5.32 Å². The molecule has 118 valence electrons. The van der Waals surface area contributed by atoms with Crippen LogP contribution in [0.3, 0.4) is 0 Å². The quantitative estimate of drug-likeness (QED) is 0.747. The van der Waals surface area contributed by atoms with Gasteiger partial charge in [-0.3, -0.25) is 9.78 Å². The Morgan fingerprint density at radius 3 is 2.87 bits per heavy atom. The molecule has 1 atom stereocenters. The number of carbonyl (C=O) groups excluding carboxylic acids is 1. The molecule has 23 heavy (non-hydrogen) atoms. The molecule has 1 amide bonds. The van der Waals surface area contributed by atoms with Crippen molar-refractivity contribution in [3.63, 3.8) is 0 Å². The Balaban J connectivity index is 1.64. The van der Waals surface area contributed by atoms with Gasteiger partial charge in [0.1, 0.15) is 23.1 Å². The van der Waals surface area contributed by atoms with Gasteiger partial charge in [-0.05, 0) is 26.0 Å². The fourth-order valence-corrected chi connectivity index (χ4v) is 1.93. The molecule has 0 aliphatic carbocycles. The number of hydrogen-bond acceptors (Lipinski definition) is 8. The van der Waals surface area contributed by atoms with Crippen LogP contribution in [0.1, 0.15) is 30.2 Å². The number of pyridine rings is 1. The summed E-state index contributed by atoms with van der Waals surface area (Å²) in [5.41, 5.74) is 1.68. The number of aryl methyl sites for hydroxylation is 1. The topological polar surface area (TPSA) is 120 Å². The van der Waals surface area contributed by atoms with E-state index >= 15 is 0 Å². The van der Waals surface area contributed by atoms with E-state index in [1.807, 2.05) is 6.07 Å². The van der Waals surface area contributed by atoms with Crippen molar-refractivity contribution >= 4 is 5.91 Å². The number of nitrogens with one attached hydrogen (secondary N) is 1. The standard InChI is InChI=1S/C14H14N6O3/c1-8-11(19-23-18-8)7-12(21)16-9(2)14-17-13(20-22-14)10-5-3-4-6-15-10/h3-6,9H,7H2,1-2H3,(H,16,21)/t9-/m1/s1. The third kappa shape index (κ3) is 3.39. The van der Waals surface area contributed by atoms with E-state index in [0.29, 0.717) is 28.8 Å². The zero-order valence-corrected chi connectivity index (χ0v) is 12.6. The van der Waals surface area contributed by atoms with Crippen molar-refractivity contribution in [2.75, 3.05) is 0 Å². The van der Waals surface area contributed by atoms with Crippen LogP contribution in [0.4, 0.5) is 0 Å². The average molecular weight is 314 g/mol.